The van der Waals surface area contributed by atoms with E-state index in [9.17, 15) is 29.0 Å². The Morgan fingerprint density at radius 3 is 2.30 bits per heavy atom. The summed E-state index contributed by atoms with van der Waals surface area (Å²) in [4.78, 5) is 38.4. The van der Waals surface area contributed by atoms with Gasteiger partial charge in [0.1, 0.15) is 41.5 Å². The lowest BCUT2D eigenvalue weighted by atomic mass is 9.86. The van der Waals surface area contributed by atoms with E-state index >= 15 is 0 Å². The lowest BCUT2D eigenvalue weighted by Crippen LogP contribution is -2.92. The molecule has 2 amide bonds. The van der Waals surface area contributed by atoms with Crippen LogP contribution in [0.15, 0.2) is 48.5 Å². The number of phenolic OH excluding ortho intramolecular Hbond substituents is 1. The predicted octanol–water partition coefficient (Wildman–Crippen LogP) is -0.926. The van der Waals surface area contributed by atoms with E-state index in [1.807, 2.05) is 0 Å². The number of fused-ring (bicyclic) bond motifs is 1. The lowest BCUT2D eigenvalue weighted by molar-refractivity contribution is -0.705. The van der Waals surface area contributed by atoms with E-state index in [1.54, 1.807) is 18.2 Å². The van der Waals surface area contributed by atoms with Gasteiger partial charge in [0.2, 0.25) is 11.8 Å². The number of carbonyl (C=O) groups is 3. The second-order valence-electron chi connectivity index (χ2n) is 6.66. The standard InChI is InChI=1S/C19H15FN2O5/c20-9-5-7-10(8-6-9)22-17(24)13-14(18(22)25)16(19(26)27)21-15(13)11-3-1-2-4-12(11)23/h1-8,13-16,21,23H,(H,26,27)/t13-,14-,15+,16+/m0/s1. The largest absolute Gasteiger partial charge is 0.544 e. The molecule has 2 aromatic rings. The van der Waals surface area contributed by atoms with Gasteiger partial charge in [-0.2, -0.15) is 0 Å². The molecular formula is C19H15FN2O5. The van der Waals surface area contributed by atoms with Gasteiger partial charge in [-0.1, -0.05) is 12.1 Å². The maximum absolute atomic E-state index is 13.2. The van der Waals surface area contributed by atoms with Crippen molar-refractivity contribution < 1.29 is 34.3 Å². The second kappa shape index (κ2) is 6.17. The summed E-state index contributed by atoms with van der Waals surface area (Å²) in [7, 11) is 0. The van der Waals surface area contributed by atoms with E-state index in [4.69, 9.17) is 0 Å². The van der Waals surface area contributed by atoms with Crippen LogP contribution in [0.2, 0.25) is 0 Å². The molecule has 0 unspecified atom stereocenters. The highest BCUT2D eigenvalue weighted by molar-refractivity contribution is 6.23. The zero-order chi connectivity index (χ0) is 19.3. The van der Waals surface area contributed by atoms with Crippen LogP contribution in [-0.2, 0) is 14.4 Å². The van der Waals surface area contributed by atoms with Crippen LogP contribution < -0.4 is 15.3 Å². The first-order valence-electron chi connectivity index (χ1n) is 8.37. The molecule has 8 heteroatoms. The highest BCUT2D eigenvalue weighted by Gasteiger charge is 2.63. The number of nitrogens with two attached hydrogens (primary N) is 1. The molecule has 2 fully saturated rings. The zero-order valence-corrected chi connectivity index (χ0v) is 13.9. The number of aromatic hydroxyl groups is 1. The average molecular weight is 370 g/mol. The number of quaternary nitrogens is 1. The van der Waals surface area contributed by atoms with E-state index in [-0.39, 0.29) is 11.4 Å². The molecule has 0 saturated carbocycles. The van der Waals surface area contributed by atoms with Crippen molar-refractivity contribution in [1.29, 1.82) is 0 Å². The van der Waals surface area contributed by atoms with Gasteiger partial charge in [0.15, 0.2) is 0 Å². The molecule has 4 rings (SSSR count). The van der Waals surface area contributed by atoms with E-state index in [1.165, 1.54) is 23.5 Å². The van der Waals surface area contributed by atoms with Gasteiger partial charge in [-0.15, -0.1) is 0 Å². The molecule has 27 heavy (non-hydrogen) atoms. The highest BCUT2D eigenvalue weighted by Crippen LogP contribution is 2.43. The summed E-state index contributed by atoms with van der Waals surface area (Å²) in [6, 6.07) is 9.09. The Kier molecular flexibility index (Phi) is 3.92. The van der Waals surface area contributed by atoms with Crippen LogP contribution in [0, 0.1) is 17.7 Å². The third-order valence-electron chi connectivity index (χ3n) is 5.24. The minimum atomic E-state index is -1.45. The van der Waals surface area contributed by atoms with Crippen LogP contribution in [0.4, 0.5) is 10.1 Å². The fraction of sp³-hybridized carbons (Fsp3) is 0.211. The second-order valence-corrected chi connectivity index (χ2v) is 6.66. The summed E-state index contributed by atoms with van der Waals surface area (Å²) >= 11 is 0. The van der Waals surface area contributed by atoms with Crippen molar-refractivity contribution >= 4 is 23.5 Å². The molecule has 3 N–H and O–H groups in total. The SMILES string of the molecule is O=C([O-])[C@@H]1[NH2+][C@H](c2ccccc2O)[C@H]2C(=O)N(c3ccc(F)cc3)C(=O)[C@@H]21. The molecule has 2 aromatic carbocycles. The van der Waals surface area contributed by atoms with E-state index in [0.717, 1.165) is 17.0 Å². The third kappa shape index (κ3) is 2.57. The first-order chi connectivity index (χ1) is 12.9. The van der Waals surface area contributed by atoms with Gasteiger partial charge in [0.25, 0.3) is 0 Å². The van der Waals surface area contributed by atoms with Crippen molar-refractivity contribution in [2.45, 2.75) is 12.1 Å². The van der Waals surface area contributed by atoms with Crippen LogP contribution in [0.25, 0.3) is 0 Å². The maximum Gasteiger partial charge on any atom is 0.244 e. The van der Waals surface area contributed by atoms with E-state index in [0.29, 0.717) is 5.56 Å². The molecule has 0 radical (unpaired) electrons. The molecule has 2 aliphatic rings. The summed E-state index contributed by atoms with van der Waals surface area (Å²) in [6.45, 7) is 0. The average Bonchev–Trinajstić information content (AvgIpc) is 3.14. The number of carboxylic acid groups (broad SMARTS) is 1. The number of anilines is 1. The summed E-state index contributed by atoms with van der Waals surface area (Å²) in [5, 5.41) is 23.1. The number of hydrogen-bond acceptors (Lipinski definition) is 5. The Bertz CT molecular complexity index is 945. The molecule has 138 valence electrons. The summed E-state index contributed by atoms with van der Waals surface area (Å²) in [6.07, 6.45) is 0. The topological polar surface area (TPSA) is 114 Å². The highest BCUT2D eigenvalue weighted by atomic mass is 19.1. The van der Waals surface area contributed by atoms with Gasteiger partial charge in [0, 0.05) is 0 Å². The maximum atomic E-state index is 13.2. The number of amides is 2. The zero-order valence-electron chi connectivity index (χ0n) is 13.9. The van der Waals surface area contributed by atoms with Crippen LogP contribution in [0.5, 0.6) is 5.75 Å². The third-order valence-corrected chi connectivity index (χ3v) is 5.24. The molecular weight excluding hydrogens is 355 g/mol. The normalized spacial score (nSPS) is 27.1. The molecule has 2 heterocycles. The lowest BCUT2D eigenvalue weighted by Gasteiger charge is -2.21. The number of carboxylic acids is 1. The Morgan fingerprint density at radius 1 is 1.04 bits per heavy atom. The molecule has 0 aromatic heterocycles. The first kappa shape index (κ1) is 17.2. The Hall–Kier alpha value is -3.26. The smallest absolute Gasteiger partial charge is 0.244 e. The number of para-hydroxylation sites is 1. The monoisotopic (exact) mass is 370 g/mol. The minimum Gasteiger partial charge on any atom is -0.544 e. The van der Waals surface area contributed by atoms with Crippen molar-refractivity contribution in [3.63, 3.8) is 0 Å². The van der Waals surface area contributed by atoms with Crippen molar-refractivity contribution in [3.05, 3.63) is 59.9 Å². The molecule has 2 aliphatic heterocycles. The summed E-state index contributed by atoms with van der Waals surface area (Å²) < 4.78 is 13.2. The van der Waals surface area contributed by atoms with E-state index < -0.39 is 47.5 Å². The van der Waals surface area contributed by atoms with Crippen molar-refractivity contribution in [3.8, 4) is 5.75 Å². The number of phenols is 1. The molecule has 4 atom stereocenters. The fourth-order valence-corrected chi connectivity index (χ4v) is 4.07. The van der Waals surface area contributed by atoms with Crippen molar-refractivity contribution in [1.82, 2.24) is 0 Å². The Morgan fingerprint density at radius 2 is 1.67 bits per heavy atom. The predicted molar refractivity (Wildman–Crippen MR) is 87.4 cm³/mol. The minimum absolute atomic E-state index is 0.0861. The number of hydrogen-bond donors (Lipinski definition) is 2. The van der Waals surface area contributed by atoms with Crippen LogP contribution in [0.1, 0.15) is 11.6 Å². The van der Waals surface area contributed by atoms with E-state index in [2.05, 4.69) is 0 Å². The van der Waals surface area contributed by atoms with Crippen LogP contribution in [-0.4, -0.2) is 28.9 Å². The number of halogens is 1. The molecule has 0 aliphatic carbocycles. The molecule has 7 nitrogen and oxygen atoms in total. The number of carbonyl (C=O) groups excluding carboxylic acids is 3. The Balaban J connectivity index is 1.79. The van der Waals surface area contributed by atoms with Gasteiger partial charge >= 0.3 is 0 Å². The number of aliphatic carboxylic acids is 1. The van der Waals surface area contributed by atoms with Crippen LogP contribution in [0.3, 0.4) is 0 Å². The van der Waals surface area contributed by atoms with Crippen molar-refractivity contribution in [2.24, 2.45) is 11.8 Å². The summed E-state index contributed by atoms with van der Waals surface area (Å²) in [5.41, 5.74) is 0.548. The number of nitrogens with zero attached hydrogens (tertiary/aromatic N) is 1. The number of rotatable bonds is 3. The first-order valence-corrected chi connectivity index (χ1v) is 8.37. The fourth-order valence-electron chi connectivity index (χ4n) is 4.07. The number of imide groups is 1. The van der Waals surface area contributed by atoms with Gasteiger partial charge in [-0.05, 0) is 36.4 Å². The Labute approximate surface area is 153 Å². The summed E-state index contributed by atoms with van der Waals surface area (Å²) in [5.74, 6) is -5.41. The van der Waals surface area contributed by atoms with Crippen LogP contribution >= 0.6 is 0 Å². The van der Waals surface area contributed by atoms with Gasteiger partial charge in [-0.3, -0.25) is 9.59 Å². The molecule has 0 spiro atoms. The number of benzene rings is 2. The van der Waals surface area contributed by atoms with Gasteiger partial charge in [0.05, 0.1) is 11.3 Å². The molecule has 0 bridgehead atoms. The molecule has 2 saturated heterocycles. The van der Waals surface area contributed by atoms with Crippen molar-refractivity contribution in [2.75, 3.05) is 4.90 Å². The van der Waals surface area contributed by atoms with Gasteiger partial charge in [-0.25, -0.2) is 9.29 Å². The van der Waals surface area contributed by atoms with Gasteiger partial charge < -0.3 is 20.3 Å². The quantitative estimate of drug-likeness (QED) is 0.678.